The van der Waals surface area contributed by atoms with E-state index in [0.29, 0.717) is 5.88 Å². The number of unbranched alkanes of at least 4 members (excludes halogenated alkanes) is 1. The fourth-order valence-corrected chi connectivity index (χ4v) is 2.30. The first-order chi connectivity index (χ1) is 12.3. The Bertz CT molecular complexity index is 620. The van der Waals surface area contributed by atoms with Crippen molar-refractivity contribution in [3.63, 3.8) is 0 Å². The molecule has 0 fully saturated rings. The topological polar surface area (TPSA) is 0 Å². The third kappa shape index (κ3) is 15.9. The van der Waals surface area contributed by atoms with E-state index < -0.39 is 0 Å². The summed E-state index contributed by atoms with van der Waals surface area (Å²) in [6.45, 7) is 0. The lowest BCUT2D eigenvalue weighted by atomic mass is 10.2. The third-order valence-corrected chi connectivity index (χ3v) is 3.74. The van der Waals surface area contributed by atoms with Crippen LogP contribution in [0.1, 0.15) is 30.4 Å². The molecular formula is C22H23BrCl2. The molecule has 0 amide bonds. The number of terminal acetylenes is 1. The van der Waals surface area contributed by atoms with Crippen molar-refractivity contribution in [2.75, 3.05) is 17.1 Å². The molecule has 3 heteroatoms. The predicted molar refractivity (Wildman–Crippen MR) is 117 cm³/mol. The van der Waals surface area contributed by atoms with Crippen LogP contribution in [0.4, 0.5) is 0 Å². The minimum atomic E-state index is 0.698. The highest BCUT2D eigenvalue weighted by Crippen LogP contribution is 1.96. The molecule has 0 nitrogen and oxygen atoms in total. The molecule has 0 saturated heterocycles. The van der Waals surface area contributed by atoms with E-state index in [1.807, 2.05) is 60.7 Å². The van der Waals surface area contributed by atoms with Gasteiger partial charge in [-0.25, -0.2) is 0 Å². The Balaban J connectivity index is 0.000000382. The summed E-state index contributed by atoms with van der Waals surface area (Å²) < 4.78 is 0. The maximum absolute atomic E-state index is 5.52. The zero-order valence-corrected chi connectivity index (χ0v) is 17.3. The fourth-order valence-electron chi connectivity index (χ4n) is 1.43. The van der Waals surface area contributed by atoms with E-state index in [2.05, 4.69) is 33.7 Å². The van der Waals surface area contributed by atoms with Gasteiger partial charge in [-0.05, 0) is 37.1 Å². The lowest BCUT2D eigenvalue weighted by Gasteiger charge is -1.86. The van der Waals surface area contributed by atoms with Gasteiger partial charge in [-0.15, -0.1) is 29.6 Å². The Morgan fingerprint density at radius 2 is 1.32 bits per heavy atom. The first kappa shape index (κ1) is 23.6. The van der Waals surface area contributed by atoms with E-state index >= 15 is 0 Å². The summed E-state index contributed by atoms with van der Waals surface area (Å²) in [5, 5.41) is 1.02. The van der Waals surface area contributed by atoms with Crippen LogP contribution in [-0.2, 0) is 0 Å². The molecule has 132 valence electrons. The summed E-state index contributed by atoms with van der Waals surface area (Å²) in [5.41, 5.74) is 2.01. The van der Waals surface area contributed by atoms with Crippen LogP contribution >= 0.6 is 39.1 Å². The molecule has 25 heavy (non-hydrogen) atoms. The van der Waals surface area contributed by atoms with Crippen LogP contribution in [0, 0.1) is 24.2 Å². The number of alkyl halides is 3. The van der Waals surface area contributed by atoms with Crippen LogP contribution < -0.4 is 0 Å². The van der Waals surface area contributed by atoms with Crippen molar-refractivity contribution in [1.29, 1.82) is 0 Å². The van der Waals surface area contributed by atoms with Crippen LogP contribution in [0.5, 0.6) is 0 Å². The Morgan fingerprint density at radius 1 is 0.800 bits per heavy atom. The average molecular weight is 438 g/mol. The molecule has 0 N–H and O–H groups in total. The monoisotopic (exact) mass is 436 g/mol. The van der Waals surface area contributed by atoms with E-state index in [1.54, 1.807) is 0 Å². The molecule has 0 atom stereocenters. The maximum Gasteiger partial charge on any atom is 0.0245 e. The Kier molecular flexibility index (Phi) is 17.9. The minimum absolute atomic E-state index is 0.698. The zero-order valence-electron chi connectivity index (χ0n) is 14.2. The summed E-state index contributed by atoms with van der Waals surface area (Å²) in [7, 11) is 0. The number of halogens is 3. The molecule has 0 aliphatic carbocycles. The smallest absolute Gasteiger partial charge is 0.0245 e. The number of hydrogen-bond acceptors (Lipinski definition) is 0. The first-order valence-corrected chi connectivity index (χ1v) is 10.2. The Hall–Kier alpha value is -1.38. The Morgan fingerprint density at radius 3 is 1.68 bits per heavy atom. The molecule has 2 aromatic rings. The van der Waals surface area contributed by atoms with Gasteiger partial charge >= 0.3 is 0 Å². The molecule has 2 rings (SSSR count). The highest BCUT2D eigenvalue weighted by atomic mass is 79.9. The molecule has 0 saturated carbocycles. The van der Waals surface area contributed by atoms with Gasteiger partial charge in [0.2, 0.25) is 0 Å². The third-order valence-electron chi connectivity index (χ3n) is 2.65. The van der Waals surface area contributed by atoms with Gasteiger partial charge < -0.3 is 0 Å². The van der Waals surface area contributed by atoms with E-state index in [1.165, 1.54) is 0 Å². The fraction of sp³-hybridized carbons (Fsp3) is 0.273. The van der Waals surface area contributed by atoms with Gasteiger partial charge in [0.25, 0.3) is 0 Å². The van der Waals surface area contributed by atoms with Crippen molar-refractivity contribution >= 4 is 39.1 Å². The summed E-state index contributed by atoms with van der Waals surface area (Å²) in [6.07, 6.45) is 8.03. The molecule has 2 aromatic carbocycles. The standard InChI is InChI=1S/C11H11Cl.C8H6.C3H6BrCl/c12-10-6-2-5-9-11-7-3-1-4-8-11;1-2-8-6-4-3-5-7-8;4-2-1-3-5/h1,3-4,7-8H,2,6,10H2;1,3-7H;1-3H2. The van der Waals surface area contributed by atoms with Crippen molar-refractivity contribution in [3.05, 3.63) is 71.8 Å². The zero-order chi connectivity index (χ0) is 18.6. The first-order valence-electron chi connectivity index (χ1n) is 8.02. The number of rotatable bonds is 4. The van der Waals surface area contributed by atoms with Gasteiger partial charge in [-0.1, -0.05) is 70.1 Å². The molecule has 0 radical (unpaired) electrons. The van der Waals surface area contributed by atoms with Crippen molar-refractivity contribution in [2.24, 2.45) is 0 Å². The second kappa shape index (κ2) is 19.0. The predicted octanol–water partition coefficient (Wildman–Crippen LogP) is 6.74. The van der Waals surface area contributed by atoms with Gasteiger partial charge in [0.15, 0.2) is 0 Å². The largest absolute Gasteiger partial charge is 0.127 e. The summed E-state index contributed by atoms with van der Waals surface area (Å²) in [4.78, 5) is 0. The molecule has 0 bridgehead atoms. The van der Waals surface area contributed by atoms with Crippen LogP contribution in [0.25, 0.3) is 0 Å². The molecule has 0 aliphatic rings. The van der Waals surface area contributed by atoms with Crippen molar-refractivity contribution < 1.29 is 0 Å². The summed E-state index contributed by atoms with van der Waals surface area (Å²) in [6, 6.07) is 19.6. The van der Waals surface area contributed by atoms with Crippen LogP contribution in [0.3, 0.4) is 0 Å². The minimum Gasteiger partial charge on any atom is -0.127 e. The van der Waals surface area contributed by atoms with Gasteiger partial charge in [-0.3, -0.25) is 0 Å². The van der Waals surface area contributed by atoms with Crippen molar-refractivity contribution in [3.8, 4) is 24.2 Å². The lowest BCUT2D eigenvalue weighted by molar-refractivity contribution is 0.991. The van der Waals surface area contributed by atoms with Crippen LogP contribution in [0.15, 0.2) is 60.7 Å². The van der Waals surface area contributed by atoms with E-state index in [9.17, 15) is 0 Å². The summed E-state index contributed by atoms with van der Waals surface area (Å²) >= 11 is 14.0. The SMILES string of the molecule is C#Cc1ccccc1.ClCCCBr.ClCCCC#Cc1ccccc1. The average Bonchev–Trinajstić information content (AvgIpc) is 2.68. The number of hydrogen-bond donors (Lipinski definition) is 0. The van der Waals surface area contributed by atoms with Gasteiger partial charge in [0, 0.05) is 34.6 Å². The molecule has 0 heterocycles. The van der Waals surface area contributed by atoms with Crippen molar-refractivity contribution in [2.45, 2.75) is 19.3 Å². The molecule has 0 aliphatic heterocycles. The van der Waals surface area contributed by atoms with E-state index in [0.717, 1.165) is 41.6 Å². The molecule has 0 aromatic heterocycles. The molecule has 0 unspecified atom stereocenters. The maximum atomic E-state index is 5.52. The normalized spacial score (nSPS) is 8.40. The second-order valence-corrected chi connectivity index (χ2v) is 6.25. The lowest BCUT2D eigenvalue weighted by Crippen LogP contribution is -1.73. The van der Waals surface area contributed by atoms with E-state index in [-0.39, 0.29) is 0 Å². The quantitative estimate of drug-likeness (QED) is 0.282. The van der Waals surface area contributed by atoms with Crippen LogP contribution in [-0.4, -0.2) is 17.1 Å². The van der Waals surface area contributed by atoms with E-state index in [4.69, 9.17) is 29.6 Å². The van der Waals surface area contributed by atoms with Gasteiger partial charge in [-0.2, -0.15) is 0 Å². The summed E-state index contributed by atoms with van der Waals surface area (Å²) in [5.74, 6) is 10.1. The van der Waals surface area contributed by atoms with Crippen molar-refractivity contribution in [1.82, 2.24) is 0 Å². The van der Waals surface area contributed by atoms with Crippen LogP contribution in [0.2, 0.25) is 0 Å². The van der Waals surface area contributed by atoms with Gasteiger partial charge in [0.1, 0.15) is 0 Å². The molecular weight excluding hydrogens is 415 g/mol. The van der Waals surface area contributed by atoms with Gasteiger partial charge in [0.05, 0.1) is 0 Å². The highest BCUT2D eigenvalue weighted by molar-refractivity contribution is 9.09. The second-order valence-electron chi connectivity index (χ2n) is 4.70. The Labute approximate surface area is 171 Å². The highest BCUT2D eigenvalue weighted by Gasteiger charge is 1.81. The molecule has 0 spiro atoms. The number of benzene rings is 2.